The summed E-state index contributed by atoms with van der Waals surface area (Å²) in [5.74, 6) is -0.202. The molecule has 1 atom stereocenters. The minimum absolute atomic E-state index is 0.0358. The van der Waals surface area contributed by atoms with E-state index in [1.54, 1.807) is 4.90 Å². The summed E-state index contributed by atoms with van der Waals surface area (Å²) in [5, 5.41) is 12.8. The molecule has 0 saturated carbocycles. The largest absolute Gasteiger partial charge is 0.481 e. The molecule has 22 heavy (non-hydrogen) atoms. The molecule has 1 unspecified atom stereocenters. The summed E-state index contributed by atoms with van der Waals surface area (Å²) in [7, 11) is 0. The lowest BCUT2D eigenvalue weighted by molar-refractivity contribution is -0.147. The van der Waals surface area contributed by atoms with Gasteiger partial charge in [-0.15, -0.1) is 0 Å². The molecule has 2 heterocycles. The van der Waals surface area contributed by atoms with Gasteiger partial charge in [-0.05, 0) is 6.42 Å². The smallest absolute Gasteiger partial charge is 0.306 e. The Labute approximate surface area is 129 Å². The maximum absolute atomic E-state index is 12.5. The molecule has 0 spiro atoms. The third-order valence-electron chi connectivity index (χ3n) is 3.83. The van der Waals surface area contributed by atoms with Crippen molar-refractivity contribution in [3.63, 3.8) is 0 Å². The molecule has 2 rings (SSSR count). The summed E-state index contributed by atoms with van der Waals surface area (Å²) >= 11 is 0. The highest BCUT2D eigenvalue weighted by Gasteiger charge is 2.27. The summed E-state index contributed by atoms with van der Waals surface area (Å²) in [6.07, 6.45) is 1.14. The van der Waals surface area contributed by atoms with E-state index in [0.29, 0.717) is 26.1 Å². The van der Waals surface area contributed by atoms with Gasteiger partial charge >= 0.3 is 5.97 Å². The number of hydrogen-bond acceptors (Lipinski definition) is 5. The Balaban J connectivity index is 2.02. The van der Waals surface area contributed by atoms with E-state index < -0.39 is 12.1 Å². The number of aliphatic carboxylic acids is 1. The molecule has 7 nitrogen and oxygen atoms in total. The molecule has 0 radical (unpaired) electrons. The van der Waals surface area contributed by atoms with Crippen molar-refractivity contribution in [2.24, 2.45) is 0 Å². The minimum Gasteiger partial charge on any atom is -0.481 e. The van der Waals surface area contributed by atoms with Gasteiger partial charge in [-0.3, -0.25) is 9.59 Å². The van der Waals surface area contributed by atoms with Crippen LogP contribution in [-0.2, 0) is 33.6 Å². The molecule has 1 aromatic heterocycles. The lowest BCUT2D eigenvalue weighted by atomic mass is 10.1. The van der Waals surface area contributed by atoms with E-state index >= 15 is 0 Å². The van der Waals surface area contributed by atoms with Gasteiger partial charge in [-0.2, -0.15) is 0 Å². The third-order valence-corrected chi connectivity index (χ3v) is 3.83. The molecular formula is C15H22N2O5. The normalized spacial score (nSPS) is 18.5. The summed E-state index contributed by atoms with van der Waals surface area (Å²) in [6.45, 7) is 5.12. The van der Waals surface area contributed by atoms with Crippen LogP contribution in [-0.4, -0.2) is 52.8 Å². The fourth-order valence-electron chi connectivity index (χ4n) is 2.66. The van der Waals surface area contributed by atoms with Crippen LogP contribution in [0.4, 0.5) is 0 Å². The number of ether oxygens (including phenoxy) is 1. The average molecular weight is 310 g/mol. The van der Waals surface area contributed by atoms with E-state index in [2.05, 4.69) is 5.16 Å². The average Bonchev–Trinajstić information content (AvgIpc) is 2.88. The molecule has 1 saturated heterocycles. The number of hydrogen-bond donors (Lipinski definition) is 1. The van der Waals surface area contributed by atoms with Gasteiger partial charge in [0, 0.05) is 25.1 Å². The van der Waals surface area contributed by atoms with E-state index in [9.17, 15) is 9.59 Å². The number of aromatic nitrogens is 1. The maximum atomic E-state index is 12.5. The Kier molecular flexibility index (Phi) is 5.54. The second-order valence-electron chi connectivity index (χ2n) is 5.35. The van der Waals surface area contributed by atoms with Crippen molar-refractivity contribution in [3.8, 4) is 0 Å². The van der Waals surface area contributed by atoms with Crippen LogP contribution in [0.2, 0.25) is 0 Å². The first-order chi connectivity index (χ1) is 10.5. The first-order valence-corrected chi connectivity index (χ1v) is 7.62. The predicted octanol–water partition coefficient (Wildman–Crippen LogP) is 1.04. The predicted molar refractivity (Wildman–Crippen MR) is 77.5 cm³/mol. The molecule has 0 bridgehead atoms. The quantitative estimate of drug-likeness (QED) is 0.844. The van der Waals surface area contributed by atoms with Crippen molar-refractivity contribution in [2.45, 2.75) is 45.6 Å². The minimum atomic E-state index is -0.917. The van der Waals surface area contributed by atoms with Gasteiger partial charge in [0.15, 0.2) is 0 Å². The lowest BCUT2D eigenvalue weighted by Gasteiger charge is -2.32. The molecule has 1 aromatic rings. The van der Waals surface area contributed by atoms with E-state index in [0.717, 1.165) is 23.4 Å². The molecule has 0 aromatic carbocycles. The molecular weight excluding hydrogens is 288 g/mol. The Hall–Kier alpha value is -1.89. The Morgan fingerprint density at radius 1 is 1.36 bits per heavy atom. The summed E-state index contributed by atoms with van der Waals surface area (Å²) < 4.78 is 10.7. The molecule has 1 aliphatic rings. The number of aryl methyl sites for hydroxylation is 2. The van der Waals surface area contributed by atoms with E-state index in [-0.39, 0.29) is 18.7 Å². The lowest BCUT2D eigenvalue weighted by Crippen LogP contribution is -2.46. The zero-order valence-corrected chi connectivity index (χ0v) is 13.0. The zero-order valence-electron chi connectivity index (χ0n) is 13.0. The molecule has 0 aliphatic carbocycles. The molecule has 1 amide bonds. The van der Waals surface area contributed by atoms with Crippen LogP contribution in [0, 0.1) is 0 Å². The number of morpholine rings is 1. The van der Waals surface area contributed by atoms with Crippen molar-refractivity contribution < 1.29 is 24.0 Å². The van der Waals surface area contributed by atoms with Gasteiger partial charge in [-0.25, -0.2) is 0 Å². The van der Waals surface area contributed by atoms with Crippen LogP contribution in [0.3, 0.4) is 0 Å². The van der Waals surface area contributed by atoms with Gasteiger partial charge < -0.3 is 19.3 Å². The molecule has 1 N–H and O–H groups in total. The van der Waals surface area contributed by atoms with Gasteiger partial charge in [0.25, 0.3) is 0 Å². The van der Waals surface area contributed by atoms with Crippen LogP contribution in [0.25, 0.3) is 0 Å². The second kappa shape index (κ2) is 7.40. The Morgan fingerprint density at radius 2 is 2.14 bits per heavy atom. The first kappa shape index (κ1) is 16.5. The standard InChI is InChI=1S/C15H22N2O5/c1-3-12-11(13(4-2)22-16-12)8-14(18)17-5-6-21-10(9-17)7-15(19)20/h10H,3-9H2,1-2H3,(H,19,20). The number of carboxylic acid groups (broad SMARTS) is 1. The van der Waals surface area contributed by atoms with Crippen LogP contribution >= 0.6 is 0 Å². The summed E-state index contributed by atoms with van der Waals surface area (Å²) in [6, 6.07) is 0. The van der Waals surface area contributed by atoms with Crippen LogP contribution in [0.15, 0.2) is 4.52 Å². The Morgan fingerprint density at radius 3 is 2.77 bits per heavy atom. The number of carbonyl (C=O) groups excluding carboxylic acids is 1. The first-order valence-electron chi connectivity index (χ1n) is 7.62. The van der Waals surface area contributed by atoms with Crippen LogP contribution in [0.5, 0.6) is 0 Å². The SMILES string of the molecule is CCc1noc(CC)c1CC(=O)N1CCOC(CC(=O)O)C1. The van der Waals surface area contributed by atoms with Gasteiger partial charge in [-0.1, -0.05) is 19.0 Å². The fourth-order valence-corrected chi connectivity index (χ4v) is 2.66. The van der Waals surface area contributed by atoms with Gasteiger partial charge in [0.2, 0.25) is 5.91 Å². The topological polar surface area (TPSA) is 92.9 Å². The number of rotatable bonds is 6. The monoisotopic (exact) mass is 310 g/mol. The van der Waals surface area contributed by atoms with Crippen molar-refractivity contribution >= 4 is 11.9 Å². The van der Waals surface area contributed by atoms with Crippen molar-refractivity contribution in [1.82, 2.24) is 10.1 Å². The highest BCUT2D eigenvalue weighted by molar-refractivity contribution is 5.79. The number of carboxylic acids is 1. The van der Waals surface area contributed by atoms with Crippen molar-refractivity contribution in [2.75, 3.05) is 19.7 Å². The maximum Gasteiger partial charge on any atom is 0.306 e. The number of nitrogens with zero attached hydrogens (tertiary/aromatic N) is 2. The summed E-state index contributed by atoms with van der Waals surface area (Å²) in [4.78, 5) is 24.9. The highest BCUT2D eigenvalue weighted by Crippen LogP contribution is 2.18. The van der Waals surface area contributed by atoms with Crippen LogP contribution < -0.4 is 0 Å². The third kappa shape index (κ3) is 3.85. The second-order valence-corrected chi connectivity index (χ2v) is 5.35. The van der Waals surface area contributed by atoms with E-state index in [1.165, 1.54) is 0 Å². The van der Waals surface area contributed by atoms with Gasteiger partial charge in [0.1, 0.15) is 5.76 Å². The van der Waals surface area contributed by atoms with Gasteiger partial charge in [0.05, 0.1) is 31.2 Å². The Bertz CT molecular complexity index is 519. The number of carbonyl (C=O) groups is 2. The highest BCUT2D eigenvalue weighted by atomic mass is 16.5. The molecule has 122 valence electrons. The zero-order chi connectivity index (χ0) is 16.1. The molecule has 1 aliphatic heterocycles. The fraction of sp³-hybridized carbons (Fsp3) is 0.667. The van der Waals surface area contributed by atoms with Crippen molar-refractivity contribution in [3.05, 3.63) is 17.0 Å². The summed E-state index contributed by atoms with van der Waals surface area (Å²) in [5.41, 5.74) is 1.69. The van der Waals surface area contributed by atoms with Crippen LogP contribution in [0.1, 0.15) is 37.3 Å². The van der Waals surface area contributed by atoms with E-state index in [1.807, 2.05) is 13.8 Å². The van der Waals surface area contributed by atoms with E-state index in [4.69, 9.17) is 14.4 Å². The molecule has 7 heteroatoms. The molecule has 1 fully saturated rings. The number of amides is 1. The van der Waals surface area contributed by atoms with Crippen molar-refractivity contribution in [1.29, 1.82) is 0 Å².